The molecule has 0 spiro atoms. The normalized spacial score (nSPS) is 15.3. The van der Waals surface area contributed by atoms with Gasteiger partial charge >= 0.3 is 8.56 Å². The Bertz CT molecular complexity index is 97.7. The smallest absolute Gasteiger partial charge is 0.331 e. The first kappa shape index (κ1) is 10.9. The fraction of sp³-hybridized carbons (Fsp3) is 1.00. The lowest BCUT2D eigenvalue weighted by molar-refractivity contribution is 0.168. The van der Waals surface area contributed by atoms with Gasteiger partial charge in [0.25, 0.3) is 0 Å². The summed E-state index contributed by atoms with van der Waals surface area (Å²) >= 11 is 2.31. The Hall–Kier alpha value is 0.867. The topological polar surface area (TPSA) is 18.5 Å². The second-order valence-corrected chi connectivity index (χ2v) is 7.01. The van der Waals surface area contributed by atoms with Crippen molar-refractivity contribution in [3.63, 3.8) is 0 Å². The zero-order valence-electron chi connectivity index (χ0n) is 6.98. The quantitative estimate of drug-likeness (QED) is 0.444. The van der Waals surface area contributed by atoms with Crippen molar-refractivity contribution in [3.05, 3.63) is 0 Å². The molecule has 0 aromatic rings. The highest BCUT2D eigenvalue weighted by molar-refractivity contribution is 14.1. The summed E-state index contributed by atoms with van der Waals surface area (Å²) in [5.74, 6) is 0. The summed E-state index contributed by atoms with van der Waals surface area (Å²) in [5.41, 5.74) is 0. The summed E-state index contributed by atoms with van der Waals surface area (Å²) in [5, 5.41) is 0. The summed E-state index contributed by atoms with van der Waals surface area (Å²) in [6.07, 6.45) is 0.321. The molecule has 0 aromatic heterocycles. The zero-order valence-corrected chi connectivity index (χ0v) is 10.1. The van der Waals surface area contributed by atoms with Crippen molar-refractivity contribution in [1.82, 2.24) is 0 Å². The van der Waals surface area contributed by atoms with E-state index in [1.54, 1.807) is 7.11 Å². The summed E-state index contributed by atoms with van der Waals surface area (Å²) in [4.78, 5) is 0. The van der Waals surface area contributed by atoms with Gasteiger partial charge in [0.1, 0.15) is 0 Å². The molecular weight excluding hydrogens is 259 g/mol. The van der Waals surface area contributed by atoms with Crippen LogP contribution in [0.5, 0.6) is 0 Å². The SMILES string of the molecule is CO[Si](C)(C)OC(C)CI. The van der Waals surface area contributed by atoms with E-state index in [9.17, 15) is 0 Å². The van der Waals surface area contributed by atoms with Crippen LogP contribution >= 0.6 is 22.6 Å². The van der Waals surface area contributed by atoms with Crippen LogP contribution in [0.15, 0.2) is 0 Å². The van der Waals surface area contributed by atoms with Crippen LogP contribution in [-0.4, -0.2) is 26.2 Å². The number of alkyl halides is 1. The third-order valence-corrected chi connectivity index (χ3v) is 4.39. The van der Waals surface area contributed by atoms with Crippen molar-refractivity contribution in [2.24, 2.45) is 0 Å². The Labute approximate surface area is 77.7 Å². The van der Waals surface area contributed by atoms with Gasteiger partial charge in [0.15, 0.2) is 0 Å². The first-order valence-corrected chi connectivity index (χ1v) is 7.65. The molecule has 1 atom stereocenters. The van der Waals surface area contributed by atoms with E-state index in [-0.39, 0.29) is 0 Å². The first-order chi connectivity index (χ1) is 4.52. The fourth-order valence-electron chi connectivity index (χ4n) is 0.564. The van der Waals surface area contributed by atoms with Gasteiger partial charge in [-0.15, -0.1) is 0 Å². The summed E-state index contributed by atoms with van der Waals surface area (Å²) in [7, 11) is -0.0517. The van der Waals surface area contributed by atoms with Gasteiger partial charge in [-0.1, -0.05) is 22.6 Å². The second kappa shape index (κ2) is 4.69. The van der Waals surface area contributed by atoms with Crippen LogP contribution in [0.2, 0.25) is 13.1 Å². The van der Waals surface area contributed by atoms with E-state index in [0.29, 0.717) is 6.10 Å². The van der Waals surface area contributed by atoms with Crippen LogP contribution in [0.1, 0.15) is 6.92 Å². The van der Waals surface area contributed by atoms with E-state index >= 15 is 0 Å². The van der Waals surface area contributed by atoms with Crippen molar-refractivity contribution < 1.29 is 8.85 Å². The number of hydrogen-bond acceptors (Lipinski definition) is 2. The van der Waals surface area contributed by atoms with Crippen molar-refractivity contribution >= 4 is 31.2 Å². The summed E-state index contributed by atoms with van der Waals surface area (Å²) < 4.78 is 11.9. The minimum absolute atomic E-state index is 0.321. The molecule has 10 heavy (non-hydrogen) atoms. The van der Waals surface area contributed by atoms with Crippen LogP contribution in [0.25, 0.3) is 0 Å². The zero-order chi connectivity index (χ0) is 8.20. The molecule has 0 bridgehead atoms. The largest absolute Gasteiger partial charge is 0.398 e. The van der Waals surface area contributed by atoms with Gasteiger partial charge in [-0.3, -0.25) is 0 Å². The molecule has 2 nitrogen and oxygen atoms in total. The van der Waals surface area contributed by atoms with Gasteiger partial charge in [-0.05, 0) is 20.0 Å². The van der Waals surface area contributed by atoms with E-state index in [1.165, 1.54) is 0 Å². The maximum absolute atomic E-state index is 5.65. The molecule has 0 heterocycles. The molecule has 0 saturated heterocycles. The molecule has 0 amide bonds. The second-order valence-electron chi connectivity index (χ2n) is 2.69. The molecule has 0 aromatic carbocycles. The molecule has 0 radical (unpaired) electrons. The van der Waals surface area contributed by atoms with Crippen molar-refractivity contribution in [3.8, 4) is 0 Å². The van der Waals surface area contributed by atoms with Crippen molar-refractivity contribution in [2.45, 2.75) is 26.1 Å². The highest BCUT2D eigenvalue weighted by Crippen LogP contribution is 2.09. The molecule has 62 valence electrons. The maximum atomic E-state index is 5.65. The highest BCUT2D eigenvalue weighted by Gasteiger charge is 2.24. The van der Waals surface area contributed by atoms with E-state index in [2.05, 4.69) is 42.6 Å². The molecule has 1 unspecified atom stereocenters. The van der Waals surface area contributed by atoms with E-state index < -0.39 is 8.56 Å². The van der Waals surface area contributed by atoms with Crippen molar-refractivity contribution in [2.75, 3.05) is 11.5 Å². The molecule has 0 fully saturated rings. The molecule has 0 aliphatic carbocycles. The van der Waals surface area contributed by atoms with Gasteiger partial charge in [0.05, 0.1) is 6.10 Å². The predicted octanol–water partition coefficient (Wildman–Crippen LogP) is 2.17. The van der Waals surface area contributed by atoms with Crippen LogP contribution in [0.4, 0.5) is 0 Å². The Morgan fingerprint density at radius 3 is 2.30 bits per heavy atom. The van der Waals surface area contributed by atoms with Gasteiger partial charge < -0.3 is 8.85 Å². The lowest BCUT2D eigenvalue weighted by Gasteiger charge is -2.23. The Kier molecular flexibility index (Phi) is 5.09. The number of rotatable bonds is 4. The first-order valence-electron chi connectivity index (χ1n) is 3.31. The number of hydrogen-bond donors (Lipinski definition) is 0. The van der Waals surface area contributed by atoms with Gasteiger partial charge in [0, 0.05) is 11.5 Å². The van der Waals surface area contributed by atoms with Gasteiger partial charge in [-0.2, -0.15) is 0 Å². The molecule has 0 rings (SSSR count). The summed E-state index contributed by atoms with van der Waals surface area (Å²) in [6, 6.07) is 0. The van der Waals surface area contributed by atoms with Crippen LogP contribution < -0.4 is 0 Å². The monoisotopic (exact) mass is 274 g/mol. The lowest BCUT2D eigenvalue weighted by Crippen LogP contribution is -2.37. The van der Waals surface area contributed by atoms with Gasteiger partial charge in [0.2, 0.25) is 0 Å². The van der Waals surface area contributed by atoms with Crippen LogP contribution in [-0.2, 0) is 8.85 Å². The van der Waals surface area contributed by atoms with Gasteiger partial charge in [-0.25, -0.2) is 0 Å². The van der Waals surface area contributed by atoms with Crippen LogP contribution in [0, 0.1) is 0 Å². The average molecular weight is 274 g/mol. The Morgan fingerprint density at radius 1 is 1.50 bits per heavy atom. The molecule has 0 saturated carbocycles. The highest BCUT2D eigenvalue weighted by atomic mass is 127. The molecule has 4 heteroatoms. The standard InChI is InChI=1S/C6H15IO2Si/c1-6(5-7)9-10(3,4)8-2/h6H,5H2,1-4H3. The Morgan fingerprint density at radius 2 is 2.00 bits per heavy atom. The third-order valence-electron chi connectivity index (χ3n) is 1.19. The molecule has 0 aliphatic heterocycles. The molecular formula is C6H15IO2Si. The fourth-order valence-corrected chi connectivity index (χ4v) is 2.23. The van der Waals surface area contributed by atoms with E-state index in [4.69, 9.17) is 8.85 Å². The maximum Gasteiger partial charge on any atom is 0.331 e. The lowest BCUT2D eigenvalue weighted by atomic mass is 10.5. The summed E-state index contributed by atoms with van der Waals surface area (Å²) in [6.45, 7) is 6.17. The minimum atomic E-state index is -1.77. The predicted molar refractivity (Wildman–Crippen MR) is 53.9 cm³/mol. The van der Waals surface area contributed by atoms with E-state index in [1.807, 2.05) is 0 Å². The van der Waals surface area contributed by atoms with Crippen molar-refractivity contribution in [1.29, 1.82) is 0 Å². The van der Waals surface area contributed by atoms with E-state index in [0.717, 1.165) is 4.43 Å². The number of halogens is 1. The minimum Gasteiger partial charge on any atom is -0.398 e. The Balaban J connectivity index is 3.64. The van der Waals surface area contributed by atoms with Crippen LogP contribution in [0.3, 0.4) is 0 Å². The third kappa shape index (κ3) is 4.65. The molecule has 0 aliphatic rings. The molecule has 0 N–H and O–H groups in total. The average Bonchev–Trinajstić information content (AvgIpc) is 1.87.